The number of hydrogen-bond donors (Lipinski definition) is 2. The Bertz CT molecular complexity index is 282. The number of hydrazine groups is 1. The van der Waals surface area contributed by atoms with Crippen molar-refractivity contribution >= 4 is 6.03 Å². The van der Waals surface area contributed by atoms with Crippen LogP contribution < -0.4 is 10.7 Å². The summed E-state index contributed by atoms with van der Waals surface area (Å²) in [6.07, 6.45) is 3.06. The highest BCUT2D eigenvalue weighted by atomic mass is 16.2. The zero-order chi connectivity index (χ0) is 15.3. The third-order valence-corrected chi connectivity index (χ3v) is 3.48. The van der Waals surface area contributed by atoms with Crippen LogP contribution in [0.3, 0.4) is 0 Å². The van der Waals surface area contributed by atoms with E-state index in [1.807, 2.05) is 12.1 Å². The van der Waals surface area contributed by atoms with Crippen LogP contribution in [0.2, 0.25) is 0 Å². The SMILES string of the molecule is CCC(C)N(C)NC(=O)NC(C)(C)CCC(C)(C)C. The van der Waals surface area contributed by atoms with Crippen molar-refractivity contribution in [3.8, 4) is 0 Å². The summed E-state index contributed by atoms with van der Waals surface area (Å²) >= 11 is 0. The van der Waals surface area contributed by atoms with E-state index in [1.165, 1.54) is 0 Å². The van der Waals surface area contributed by atoms with Crippen molar-refractivity contribution in [1.82, 2.24) is 15.8 Å². The molecule has 0 aliphatic heterocycles. The van der Waals surface area contributed by atoms with Gasteiger partial charge in [0.2, 0.25) is 0 Å². The van der Waals surface area contributed by atoms with Crippen molar-refractivity contribution in [2.45, 2.75) is 79.3 Å². The minimum Gasteiger partial charge on any atom is -0.332 e. The van der Waals surface area contributed by atoms with Crippen LogP contribution in [-0.4, -0.2) is 29.7 Å². The normalized spacial score (nSPS) is 14.4. The smallest absolute Gasteiger partial charge is 0.329 e. The van der Waals surface area contributed by atoms with Gasteiger partial charge >= 0.3 is 6.03 Å². The highest BCUT2D eigenvalue weighted by Gasteiger charge is 2.24. The lowest BCUT2D eigenvalue weighted by atomic mass is 9.85. The molecular formula is C15H33N3O. The van der Waals surface area contributed by atoms with Crippen molar-refractivity contribution in [3.63, 3.8) is 0 Å². The number of nitrogens with zero attached hydrogens (tertiary/aromatic N) is 1. The van der Waals surface area contributed by atoms with Gasteiger partial charge in [-0.15, -0.1) is 0 Å². The maximum Gasteiger partial charge on any atom is 0.329 e. The Morgan fingerprint density at radius 2 is 1.68 bits per heavy atom. The fourth-order valence-corrected chi connectivity index (χ4v) is 1.63. The summed E-state index contributed by atoms with van der Waals surface area (Å²) in [5.41, 5.74) is 2.97. The molecule has 0 aromatic carbocycles. The molecule has 1 atom stereocenters. The quantitative estimate of drug-likeness (QED) is 0.726. The zero-order valence-corrected chi connectivity index (χ0v) is 14.1. The second-order valence-electron chi connectivity index (χ2n) is 7.38. The third kappa shape index (κ3) is 8.87. The van der Waals surface area contributed by atoms with Gasteiger partial charge in [-0.05, 0) is 45.4 Å². The summed E-state index contributed by atoms with van der Waals surface area (Å²) in [6.45, 7) is 15.0. The molecule has 2 amide bonds. The van der Waals surface area contributed by atoms with Crippen LogP contribution in [-0.2, 0) is 0 Å². The highest BCUT2D eigenvalue weighted by molar-refractivity contribution is 5.74. The number of hydrogen-bond acceptors (Lipinski definition) is 2. The number of carbonyl (C=O) groups is 1. The van der Waals surface area contributed by atoms with Crippen LogP contribution in [0.15, 0.2) is 0 Å². The van der Waals surface area contributed by atoms with Gasteiger partial charge in [0.1, 0.15) is 0 Å². The highest BCUT2D eigenvalue weighted by Crippen LogP contribution is 2.25. The molecule has 0 saturated carbocycles. The van der Waals surface area contributed by atoms with E-state index in [9.17, 15) is 4.79 Å². The summed E-state index contributed by atoms with van der Waals surface area (Å²) in [4.78, 5) is 12.0. The summed E-state index contributed by atoms with van der Waals surface area (Å²) in [5, 5.41) is 4.90. The first-order valence-electron chi connectivity index (χ1n) is 7.28. The molecule has 0 rings (SSSR count). The number of urea groups is 1. The largest absolute Gasteiger partial charge is 0.332 e. The molecule has 114 valence electrons. The van der Waals surface area contributed by atoms with Gasteiger partial charge in [0.15, 0.2) is 0 Å². The molecule has 0 spiro atoms. The Morgan fingerprint density at radius 1 is 1.16 bits per heavy atom. The third-order valence-electron chi connectivity index (χ3n) is 3.48. The molecule has 1 unspecified atom stereocenters. The molecule has 4 nitrogen and oxygen atoms in total. The van der Waals surface area contributed by atoms with Gasteiger partial charge in [0.25, 0.3) is 0 Å². The minimum absolute atomic E-state index is 0.123. The van der Waals surface area contributed by atoms with E-state index >= 15 is 0 Å². The van der Waals surface area contributed by atoms with Gasteiger partial charge in [-0.25, -0.2) is 9.80 Å². The first-order valence-corrected chi connectivity index (χ1v) is 7.28. The number of carbonyl (C=O) groups excluding carboxylic acids is 1. The van der Waals surface area contributed by atoms with Crippen LogP contribution in [0, 0.1) is 5.41 Å². The second-order valence-corrected chi connectivity index (χ2v) is 7.38. The molecule has 0 bridgehead atoms. The van der Waals surface area contributed by atoms with Crippen LogP contribution in [0.5, 0.6) is 0 Å². The average Bonchev–Trinajstić information content (AvgIpc) is 2.23. The molecule has 0 aromatic heterocycles. The lowest BCUT2D eigenvalue weighted by Gasteiger charge is -2.32. The minimum atomic E-state index is -0.187. The number of rotatable bonds is 6. The van der Waals surface area contributed by atoms with Crippen molar-refractivity contribution < 1.29 is 4.79 Å². The van der Waals surface area contributed by atoms with Gasteiger partial charge in [-0.2, -0.15) is 0 Å². The fraction of sp³-hybridized carbons (Fsp3) is 0.933. The Kier molecular flexibility index (Phi) is 6.84. The standard InChI is InChI=1S/C15H33N3O/c1-9-12(2)18(8)17-13(19)16-15(6,7)11-10-14(3,4)5/h12H,9-11H2,1-8H3,(H2,16,17,19). The van der Waals surface area contributed by atoms with Crippen molar-refractivity contribution in [2.24, 2.45) is 5.41 Å². The summed E-state index contributed by atoms with van der Waals surface area (Å²) in [5.74, 6) is 0. The predicted molar refractivity (Wildman–Crippen MR) is 82.0 cm³/mol. The van der Waals surface area contributed by atoms with Gasteiger partial charge in [0, 0.05) is 18.6 Å². The lowest BCUT2D eigenvalue weighted by molar-refractivity contribution is 0.157. The Hall–Kier alpha value is -0.770. The zero-order valence-electron chi connectivity index (χ0n) is 14.1. The Labute approximate surface area is 119 Å². The average molecular weight is 271 g/mol. The van der Waals surface area contributed by atoms with E-state index in [0.717, 1.165) is 19.3 Å². The van der Waals surface area contributed by atoms with E-state index in [2.05, 4.69) is 59.2 Å². The van der Waals surface area contributed by atoms with Crippen LogP contribution >= 0.6 is 0 Å². The molecular weight excluding hydrogens is 238 g/mol. The molecule has 0 aromatic rings. The maximum absolute atomic E-state index is 12.0. The molecule has 0 radical (unpaired) electrons. The van der Waals surface area contributed by atoms with Crippen molar-refractivity contribution in [3.05, 3.63) is 0 Å². The molecule has 0 heterocycles. The van der Waals surface area contributed by atoms with E-state index in [4.69, 9.17) is 0 Å². The van der Waals surface area contributed by atoms with Crippen LogP contribution in [0.1, 0.15) is 67.7 Å². The Morgan fingerprint density at radius 3 is 2.11 bits per heavy atom. The lowest BCUT2D eigenvalue weighted by Crippen LogP contribution is -2.54. The molecule has 0 saturated heterocycles. The van der Waals surface area contributed by atoms with Gasteiger partial charge in [0.05, 0.1) is 0 Å². The van der Waals surface area contributed by atoms with Gasteiger partial charge < -0.3 is 5.32 Å². The maximum atomic E-state index is 12.0. The van der Waals surface area contributed by atoms with Crippen molar-refractivity contribution in [1.29, 1.82) is 0 Å². The van der Waals surface area contributed by atoms with Gasteiger partial charge in [-0.1, -0.05) is 27.7 Å². The molecule has 19 heavy (non-hydrogen) atoms. The molecule has 2 N–H and O–H groups in total. The summed E-state index contributed by atoms with van der Waals surface area (Å²) in [6, 6.07) is 0.213. The van der Waals surface area contributed by atoms with E-state index in [1.54, 1.807) is 0 Å². The first-order chi connectivity index (χ1) is 8.47. The van der Waals surface area contributed by atoms with E-state index in [-0.39, 0.29) is 11.6 Å². The predicted octanol–water partition coefficient (Wildman–Crippen LogP) is 3.54. The topological polar surface area (TPSA) is 44.4 Å². The summed E-state index contributed by atoms with van der Waals surface area (Å²) < 4.78 is 0. The summed E-state index contributed by atoms with van der Waals surface area (Å²) in [7, 11) is 1.90. The Balaban J connectivity index is 4.23. The molecule has 4 heteroatoms. The second kappa shape index (κ2) is 7.13. The first kappa shape index (κ1) is 18.2. The molecule has 0 fully saturated rings. The van der Waals surface area contributed by atoms with Crippen LogP contribution in [0.4, 0.5) is 4.79 Å². The van der Waals surface area contributed by atoms with Gasteiger partial charge in [-0.3, -0.25) is 5.43 Å². The number of amides is 2. The fourth-order valence-electron chi connectivity index (χ4n) is 1.63. The monoisotopic (exact) mass is 271 g/mol. The molecule has 0 aliphatic rings. The number of nitrogens with one attached hydrogen (secondary N) is 2. The van der Waals surface area contributed by atoms with E-state index in [0.29, 0.717) is 11.5 Å². The van der Waals surface area contributed by atoms with Crippen LogP contribution in [0.25, 0.3) is 0 Å². The van der Waals surface area contributed by atoms with E-state index < -0.39 is 0 Å². The molecule has 0 aliphatic carbocycles. The van der Waals surface area contributed by atoms with Crippen molar-refractivity contribution in [2.75, 3.05) is 7.05 Å².